The standard InChI is InChI=1S/C12H24Si/c1-3-10-13(2)11-9-12-7-5-4-6-8-12/h3,12-13H,1,4-11H2,2H3. The van der Waals surface area contributed by atoms with E-state index in [-0.39, 0.29) is 0 Å². The predicted molar refractivity (Wildman–Crippen MR) is 64.0 cm³/mol. The Morgan fingerprint density at radius 2 is 2.00 bits per heavy atom. The lowest BCUT2D eigenvalue weighted by Crippen LogP contribution is -2.11. The van der Waals surface area contributed by atoms with E-state index in [1.54, 1.807) is 6.04 Å². The van der Waals surface area contributed by atoms with E-state index in [0.29, 0.717) is 0 Å². The van der Waals surface area contributed by atoms with Crippen LogP contribution >= 0.6 is 0 Å². The third kappa shape index (κ3) is 4.66. The summed E-state index contributed by atoms with van der Waals surface area (Å²) in [5, 5.41) is 0. The minimum absolute atomic E-state index is 0.391. The summed E-state index contributed by atoms with van der Waals surface area (Å²) >= 11 is 0. The van der Waals surface area contributed by atoms with E-state index in [1.807, 2.05) is 0 Å². The molecule has 1 aliphatic rings. The molecule has 0 spiro atoms. The Morgan fingerprint density at radius 1 is 1.31 bits per heavy atom. The summed E-state index contributed by atoms with van der Waals surface area (Å²) < 4.78 is 0. The molecule has 0 aromatic carbocycles. The van der Waals surface area contributed by atoms with Crippen molar-refractivity contribution in [3.05, 3.63) is 12.7 Å². The van der Waals surface area contributed by atoms with Crippen LogP contribution in [-0.4, -0.2) is 8.80 Å². The summed E-state index contributed by atoms with van der Waals surface area (Å²) in [4.78, 5) is 0. The van der Waals surface area contributed by atoms with Gasteiger partial charge in [-0.1, -0.05) is 57.2 Å². The first-order valence-corrected chi connectivity index (χ1v) is 8.72. The Bertz CT molecular complexity index is 136. The molecule has 0 bridgehead atoms. The van der Waals surface area contributed by atoms with Crippen molar-refractivity contribution >= 4 is 8.80 Å². The van der Waals surface area contributed by atoms with Gasteiger partial charge in [-0.05, 0) is 12.0 Å². The molecule has 1 fully saturated rings. The first-order valence-electron chi connectivity index (χ1n) is 5.94. The SMILES string of the molecule is C=CC[SiH](C)CCC1CCCCC1. The summed E-state index contributed by atoms with van der Waals surface area (Å²) in [5.74, 6) is 1.09. The highest BCUT2D eigenvalue weighted by Gasteiger charge is 2.14. The van der Waals surface area contributed by atoms with E-state index >= 15 is 0 Å². The van der Waals surface area contributed by atoms with Gasteiger partial charge in [0.05, 0.1) is 0 Å². The molecule has 13 heavy (non-hydrogen) atoms. The van der Waals surface area contributed by atoms with Gasteiger partial charge in [0, 0.05) is 8.80 Å². The van der Waals surface area contributed by atoms with Gasteiger partial charge in [0.25, 0.3) is 0 Å². The molecular weight excluding hydrogens is 172 g/mol. The maximum absolute atomic E-state index is 3.83. The van der Waals surface area contributed by atoms with Gasteiger partial charge in [-0.2, -0.15) is 0 Å². The van der Waals surface area contributed by atoms with Crippen LogP contribution in [0.3, 0.4) is 0 Å². The predicted octanol–water partition coefficient (Wildman–Crippen LogP) is 4.00. The lowest BCUT2D eigenvalue weighted by Gasteiger charge is -2.22. The first kappa shape index (κ1) is 11.0. The fourth-order valence-electron chi connectivity index (χ4n) is 2.40. The molecule has 1 aliphatic carbocycles. The van der Waals surface area contributed by atoms with Gasteiger partial charge < -0.3 is 0 Å². The lowest BCUT2D eigenvalue weighted by molar-refractivity contribution is 0.349. The molecule has 0 heterocycles. The van der Waals surface area contributed by atoms with Crippen LogP contribution in [0.5, 0.6) is 0 Å². The van der Waals surface area contributed by atoms with Gasteiger partial charge in [0.1, 0.15) is 0 Å². The fraction of sp³-hybridized carbons (Fsp3) is 0.833. The number of hydrogen-bond acceptors (Lipinski definition) is 0. The second-order valence-corrected chi connectivity index (χ2v) is 7.97. The van der Waals surface area contributed by atoms with Crippen LogP contribution < -0.4 is 0 Å². The van der Waals surface area contributed by atoms with Crippen LogP contribution in [0, 0.1) is 5.92 Å². The summed E-state index contributed by atoms with van der Waals surface area (Å²) in [6, 6.07) is 2.89. The van der Waals surface area contributed by atoms with Crippen molar-refractivity contribution in [3.63, 3.8) is 0 Å². The van der Waals surface area contributed by atoms with Crippen molar-refractivity contribution in [2.45, 2.75) is 57.2 Å². The fourth-order valence-corrected chi connectivity index (χ4v) is 4.24. The molecule has 1 saturated carbocycles. The second-order valence-electron chi connectivity index (χ2n) is 4.71. The number of allylic oxidation sites excluding steroid dienone is 1. The molecule has 0 saturated heterocycles. The van der Waals surface area contributed by atoms with Crippen molar-refractivity contribution in [1.82, 2.24) is 0 Å². The summed E-state index contributed by atoms with van der Waals surface area (Å²) in [7, 11) is -0.391. The third-order valence-corrected chi connectivity index (χ3v) is 5.82. The average molecular weight is 196 g/mol. The summed E-state index contributed by atoms with van der Waals surface area (Å²) in [6.07, 6.45) is 11.2. The zero-order chi connectivity index (χ0) is 9.52. The quantitative estimate of drug-likeness (QED) is 0.460. The van der Waals surface area contributed by atoms with E-state index in [0.717, 1.165) is 5.92 Å². The van der Waals surface area contributed by atoms with E-state index < -0.39 is 8.80 Å². The van der Waals surface area contributed by atoms with E-state index in [2.05, 4.69) is 19.2 Å². The molecular formula is C12H24Si. The van der Waals surface area contributed by atoms with Gasteiger partial charge >= 0.3 is 0 Å². The minimum Gasteiger partial charge on any atom is -0.103 e. The highest BCUT2D eigenvalue weighted by molar-refractivity contribution is 6.57. The Kier molecular flexibility index (Phi) is 5.45. The van der Waals surface area contributed by atoms with Gasteiger partial charge in [0.15, 0.2) is 0 Å². The van der Waals surface area contributed by atoms with Crippen molar-refractivity contribution in [1.29, 1.82) is 0 Å². The Hall–Kier alpha value is -0.0431. The Labute approximate surface area is 85.0 Å². The molecule has 1 atom stereocenters. The number of rotatable bonds is 5. The maximum Gasteiger partial charge on any atom is 0.0375 e. The average Bonchev–Trinajstić information content (AvgIpc) is 2.17. The minimum atomic E-state index is -0.391. The molecule has 0 aliphatic heterocycles. The Morgan fingerprint density at radius 3 is 2.62 bits per heavy atom. The van der Waals surface area contributed by atoms with E-state index in [4.69, 9.17) is 0 Å². The van der Waals surface area contributed by atoms with Gasteiger partial charge in [0.2, 0.25) is 0 Å². The van der Waals surface area contributed by atoms with Crippen molar-refractivity contribution < 1.29 is 0 Å². The van der Waals surface area contributed by atoms with Crippen LogP contribution in [0.1, 0.15) is 38.5 Å². The number of hydrogen-bond donors (Lipinski definition) is 0. The molecule has 0 aromatic heterocycles. The van der Waals surface area contributed by atoms with Crippen LogP contribution in [0.4, 0.5) is 0 Å². The summed E-state index contributed by atoms with van der Waals surface area (Å²) in [5.41, 5.74) is 0. The van der Waals surface area contributed by atoms with E-state index in [1.165, 1.54) is 44.6 Å². The normalized spacial score (nSPS) is 21.3. The molecule has 1 rings (SSSR count). The van der Waals surface area contributed by atoms with Crippen LogP contribution in [0.2, 0.25) is 18.6 Å². The topological polar surface area (TPSA) is 0 Å². The molecule has 0 amide bonds. The largest absolute Gasteiger partial charge is 0.103 e. The van der Waals surface area contributed by atoms with Crippen LogP contribution in [0.25, 0.3) is 0 Å². The third-order valence-electron chi connectivity index (χ3n) is 3.36. The molecule has 0 aromatic rings. The molecule has 0 nitrogen and oxygen atoms in total. The second kappa shape index (κ2) is 6.42. The van der Waals surface area contributed by atoms with Crippen molar-refractivity contribution in [2.75, 3.05) is 0 Å². The molecule has 0 N–H and O–H groups in total. The van der Waals surface area contributed by atoms with Crippen molar-refractivity contribution in [3.8, 4) is 0 Å². The zero-order valence-electron chi connectivity index (χ0n) is 9.10. The molecule has 0 radical (unpaired) electrons. The Balaban J connectivity index is 2.06. The highest BCUT2D eigenvalue weighted by Crippen LogP contribution is 2.28. The van der Waals surface area contributed by atoms with Crippen molar-refractivity contribution in [2.24, 2.45) is 5.92 Å². The first-order chi connectivity index (χ1) is 6.33. The maximum atomic E-state index is 3.83. The molecule has 1 heteroatoms. The van der Waals surface area contributed by atoms with Gasteiger partial charge in [-0.15, -0.1) is 6.58 Å². The van der Waals surface area contributed by atoms with Gasteiger partial charge in [-0.25, -0.2) is 0 Å². The highest BCUT2D eigenvalue weighted by atomic mass is 28.3. The monoisotopic (exact) mass is 196 g/mol. The van der Waals surface area contributed by atoms with Crippen LogP contribution in [0.15, 0.2) is 12.7 Å². The van der Waals surface area contributed by atoms with Crippen LogP contribution in [-0.2, 0) is 0 Å². The van der Waals surface area contributed by atoms with Gasteiger partial charge in [-0.3, -0.25) is 0 Å². The van der Waals surface area contributed by atoms with E-state index in [9.17, 15) is 0 Å². The molecule has 76 valence electrons. The lowest BCUT2D eigenvalue weighted by atomic mass is 9.88. The molecule has 1 unspecified atom stereocenters. The smallest absolute Gasteiger partial charge is 0.0375 e. The zero-order valence-corrected chi connectivity index (χ0v) is 10.3. The summed E-state index contributed by atoms with van der Waals surface area (Å²) in [6.45, 7) is 6.32.